The molecule has 6 heteroatoms. The summed E-state index contributed by atoms with van der Waals surface area (Å²) in [6.07, 6.45) is -0.00466. The van der Waals surface area contributed by atoms with Crippen LogP contribution in [0.4, 0.5) is 4.39 Å². The zero-order chi connectivity index (χ0) is 14.5. The fraction of sp³-hybridized carbons (Fsp3) is 0.429. The van der Waals surface area contributed by atoms with Crippen LogP contribution in [0.15, 0.2) is 24.3 Å². The third-order valence-electron chi connectivity index (χ3n) is 3.11. The van der Waals surface area contributed by atoms with Crippen LogP contribution in [0.2, 0.25) is 0 Å². The number of ether oxygens (including phenoxy) is 1. The third kappa shape index (κ3) is 3.54. The molecule has 108 valence electrons. The Labute approximate surface area is 116 Å². The van der Waals surface area contributed by atoms with Crippen molar-refractivity contribution in [1.29, 1.82) is 0 Å². The van der Waals surface area contributed by atoms with Gasteiger partial charge in [0.1, 0.15) is 5.82 Å². The van der Waals surface area contributed by atoms with E-state index in [0.29, 0.717) is 19.7 Å². The average molecular weight is 280 g/mol. The first-order valence-electron chi connectivity index (χ1n) is 6.50. The van der Waals surface area contributed by atoms with Crippen molar-refractivity contribution < 1.29 is 18.7 Å². The van der Waals surface area contributed by atoms with Gasteiger partial charge in [-0.25, -0.2) is 4.39 Å². The molecule has 1 aromatic carbocycles. The molecule has 0 unspecified atom stereocenters. The number of carbonyl (C=O) groups is 2. The molecule has 1 aliphatic heterocycles. The number of morpholine rings is 1. The van der Waals surface area contributed by atoms with E-state index < -0.39 is 11.7 Å². The van der Waals surface area contributed by atoms with Gasteiger partial charge in [-0.15, -0.1) is 0 Å². The Balaban J connectivity index is 1.87. The fourth-order valence-corrected chi connectivity index (χ4v) is 2.05. The molecule has 1 aromatic rings. The summed E-state index contributed by atoms with van der Waals surface area (Å²) in [5.74, 6) is -1.37. The number of nitrogens with one attached hydrogen (secondary N) is 1. The number of carbonyl (C=O) groups excluding carboxylic acids is 2. The van der Waals surface area contributed by atoms with Gasteiger partial charge in [0.2, 0.25) is 5.91 Å². The number of hydrogen-bond acceptors (Lipinski definition) is 3. The lowest BCUT2D eigenvalue weighted by Gasteiger charge is -2.31. The molecule has 1 aliphatic rings. The Morgan fingerprint density at radius 1 is 1.45 bits per heavy atom. The Kier molecular flexibility index (Phi) is 4.68. The summed E-state index contributed by atoms with van der Waals surface area (Å²) in [5, 5.41) is 2.44. The fourth-order valence-electron chi connectivity index (χ4n) is 2.05. The minimum Gasteiger partial charge on any atom is -0.375 e. The topological polar surface area (TPSA) is 58.6 Å². The van der Waals surface area contributed by atoms with Crippen LogP contribution in [-0.2, 0) is 9.53 Å². The normalized spacial score (nSPS) is 18.7. The molecule has 1 atom stereocenters. The van der Waals surface area contributed by atoms with Crippen LogP contribution in [-0.4, -0.2) is 49.1 Å². The van der Waals surface area contributed by atoms with Crippen molar-refractivity contribution in [2.24, 2.45) is 0 Å². The summed E-state index contributed by atoms with van der Waals surface area (Å²) in [6.45, 7) is 3.26. The maximum atomic E-state index is 13.4. The van der Waals surface area contributed by atoms with Gasteiger partial charge in [0.15, 0.2) is 0 Å². The van der Waals surface area contributed by atoms with Crippen molar-refractivity contribution in [2.75, 3.05) is 26.2 Å². The Morgan fingerprint density at radius 3 is 2.90 bits per heavy atom. The van der Waals surface area contributed by atoms with Crippen LogP contribution >= 0.6 is 0 Å². The van der Waals surface area contributed by atoms with E-state index in [0.717, 1.165) is 0 Å². The third-order valence-corrected chi connectivity index (χ3v) is 3.11. The van der Waals surface area contributed by atoms with Crippen molar-refractivity contribution in [1.82, 2.24) is 10.2 Å². The zero-order valence-electron chi connectivity index (χ0n) is 11.3. The highest BCUT2D eigenvalue weighted by Gasteiger charge is 2.22. The molecular formula is C14H17FN2O3. The van der Waals surface area contributed by atoms with E-state index in [1.165, 1.54) is 18.2 Å². The van der Waals surface area contributed by atoms with Gasteiger partial charge in [-0.05, 0) is 19.1 Å². The average Bonchev–Trinajstić information content (AvgIpc) is 2.45. The molecular weight excluding hydrogens is 263 g/mol. The van der Waals surface area contributed by atoms with Crippen LogP contribution < -0.4 is 5.32 Å². The molecule has 1 fully saturated rings. The van der Waals surface area contributed by atoms with E-state index in [9.17, 15) is 14.0 Å². The first kappa shape index (κ1) is 14.5. The van der Waals surface area contributed by atoms with Gasteiger partial charge in [-0.3, -0.25) is 9.59 Å². The molecule has 1 heterocycles. The quantitative estimate of drug-likeness (QED) is 0.891. The van der Waals surface area contributed by atoms with Crippen LogP contribution in [0, 0.1) is 5.82 Å². The molecule has 0 spiro atoms. The van der Waals surface area contributed by atoms with Crippen molar-refractivity contribution in [2.45, 2.75) is 13.0 Å². The van der Waals surface area contributed by atoms with Gasteiger partial charge in [-0.2, -0.15) is 0 Å². The van der Waals surface area contributed by atoms with E-state index in [1.54, 1.807) is 11.0 Å². The Morgan fingerprint density at radius 2 is 2.20 bits per heavy atom. The van der Waals surface area contributed by atoms with Gasteiger partial charge in [0.05, 0.1) is 24.8 Å². The van der Waals surface area contributed by atoms with Crippen molar-refractivity contribution >= 4 is 11.8 Å². The summed E-state index contributed by atoms with van der Waals surface area (Å²) < 4.78 is 18.7. The minimum absolute atomic E-state index is 0.00466. The second kappa shape index (κ2) is 6.47. The predicted octanol–water partition coefficient (Wildman–Crippen LogP) is 0.803. The highest BCUT2D eigenvalue weighted by Crippen LogP contribution is 2.06. The second-order valence-corrected chi connectivity index (χ2v) is 4.68. The lowest BCUT2D eigenvalue weighted by molar-refractivity contribution is -0.137. The van der Waals surface area contributed by atoms with Crippen molar-refractivity contribution in [3.05, 3.63) is 35.6 Å². The lowest BCUT2D eigenvalue weighted by atomic mass is 10.2. The standard InChI is InChI=1S/C14H17FN2O3/c1-10-9-17(6-7-20-10)13(18)8-16-14(19)11-4-2-3-5-12(11)15/h2-5,10H,6-9H2,1H3,(H,16,19)/t10-/m0/s1. The Bertz CT molecular complexity index is 507. The maximum absolute atomic E-state index is 13.4. The van der Waals surface area contributed by atoms with E-state index in [2.05, 4.69) is 5.32 Å². The molecule has 5 nitrogen and oxygen atoms in total. The molecule has 1 saturated heterocycles. The van der Waals surface area contributed by atoms with Gasteiger partial charge in [0.25, 0.3) is 5.91 Å². The van der Waals surface area contributed by atoms with Crippen LogP contribution in [0.1, 0.15) is 17.3 Å². The molecule has 20 heavy (non-hydrogen) atoms. The van der Waals surface area contributed by atoms with Crippen LogP contribution in [0.5, 0.6) is 0 Å². The predicted molar refractivity (Wildman–Crippen MR) is 70.7 cm³/mol. The first-order chi connectivity index (χ1) is 9.58. The van der Waals surface area contributed by atoms with Gasteiger partial charge in [0, 0.05) is 13.1 Å². The minimum atomic E-state index is -0.600. The summed E-state index contributed by atoms with van der Waals surface area (Å²) in [4.78, 5) is 25.3. The SMILES string of the molecule is C[C@H]1CN(C(=O)CNC(=O)c2ccccc2F)CCO1. The largest absolute Gasteiger partial charge is 0.375 e. The number of rotatable bonds is 3. The molecule has 2 rings (SSSR count). The number of halogens is 1. The Hall–Kier alpha value is -1.95. The second-order valence-electron chi connectivity index (χ2n) is 4.68. The van der Waals surface area contributed by atoms with Gasteiger partial charge >= 0.3 is 0 Å². The van der Waals surface area contributed by atoms with E-state index in [4.69, 9.17) is 4.74 Å². The number of amides is 2. The summed E-state index contributed by atoms with van der Waals surface area (Å²) in [6, 6.07) is 5.67. The number of hydrogen-bond donors (Lipinski definition) is 1. The number of nitrogens with zero attached hydrogens (tertiary/aromatic N) is 1. The van der Waals surface area contributed by atoms with Crippen molar-refractivity contribution in [3.8, 4) is 0 Å². The smallest absolute Gasteiger partial charge is 0.254 e. The van der Waals surface area contributed by atoms with Crippen LogP contribution in [0.3, 0.4) is 0 Å². The van der Waals surface area contributed by atoms with E-state index in [1.807, 2.05) is 6.92 Å². The highest BCUT2D eigenvalue weighted by atomic mass is 19.1. The highest BCUT2D eigenvalue weighted by molar-refractivity contribution is 5.96. The zero-order valence-corrected chi connectivity index (χ0v) is 11.3. The molecule has 2 amide bonds. The molecule has 1 N–H and O–H groups in total. The van der Waals surface area contributed by atoms with Gasteiger partial charge < -0.3 is 15.0 Å². The molecule has 0 bridgehead atoms. The summed E-state index contributed by atoms with van der Waals surface area (Å²) >= 11 is 0. The van der Waals surface area contributed by atoms with E-state index in [-0.39, 0.29) is 24.1 Å². The molecule has 0 saturated carbocycles. The van der Waals surface area contributed by atoms with Crippen LogP contribution in [0.25, 0.3) is 0 Å². The molecule has 0 aromatic heterocycles. The van der Waals surface area contributed by atoms with E-state index >= 15 is 0 Å². The molecule has 0 aliphatic carbocycles. The van der Waals surface area contributed by atoms with Crippen molar-refractivity contribution in [3.63, 3.8) is 0 Å². The maximum Gasteiger partial charge on any atom is 0.254 e. The molecule has 0 radical (unpaired) electrons. The lowest BCUT2D eigenvalue weighted by Crippen LogP contribution is -2.48. The summed E-state index contributed by atoms with van der Waals surface area (Å²) in [7, 11) is 0. The van der Waals surface area contributed by atoms with Gasteiger partial charge in [-0.1, -0.05) is 12.1 Å². The number of benzene rings is 1. The first-order valence-corrected chi connectivity index (χ1v) is 6.50. The summed E-state index contributed by atoms with van der Waals surface area (Å²) in [5.41, 5.74) is -0.0596. The monoisotopic (exact) mass is 280 g/mol.